The molecule has 0 radical (unpaired) electrons. The summed E-state index contributed by atoms with van der Waals surface area (Å²) in [4.78, 5) is 10.4. The van der Waals surface area contributed by atoms with Crippen molar-refractivity contribution in [2.75, 3.05) is 0 Å². The smallest absolute Gasteiger partial charge is 0.303 e. The van der Waals surface area contributed by atoms with Gasteiger partial charge in [-0.3, -0.25) is 4.79 Å². The van der Waals surface area contributed by atoms with E-state index in [0.29, 0.717) is 6.42 Å². The maximum atomic E-state index is 10.4. The van der Waals surface area contributed by atoms with Crippen molar-refractivity contribution >= 4 is 37.8 Å². The Morgan fingerprint density at radius 3 is 2.80 bits per heavy atom. The largest absolute Gasteiger partial charge is 0.481 e. The van der Waals surface area contributed by atoms with Crippen LogP contribution in [0.1, 0.15) is 25.0 Å². The highest BCUT2D eigenvalue weighted by atomic mass is 79.9. The first-order valence-electron chi connectivity index (χ1n) is 6.14. The number of benzene rings is 1. The zero-order valence-electron chi connectivity index (χ0n) is 10.6. The topological polar surface area (TPSA) is 68.0 Å². The van der Waals surface area contributed by atoms with E-state index in [1.807, 2.05) is 24.4 Å². The van der Waals surface area contributed by atoms with Gasteiger partial charge in [-0.1, -0.05) is 21.1 Å². The molecule has 0 bridgehead atoms. The van der Waals surface area contributed by atoms with Gasteiger partial charge < -0.3 is 5.11 Å². The van der Waals surface area contributed by atoms with Crippen LogP contribution in [-0.4, -0.2) is 26.1 Å². The third-order valence-corrected chi connectivity index (χ3v) is 3.90. The van der Waals surface area contributed by atoms with Gasteiger partial charge in [0.05, 0.1) is 17.6 Å². The van der Waals surface area contributed by atoms with E-state index in [1.165, 1.54) is 0 Å². The average Bonchev–Trinajstić information content (AvgIpc) is 2.83. The van der Waals surface area contributed by atoms with Crippen molar-refractivity contribution in [1.82, 2.24) is 15.0 Å². The second-order valence-electron chi connectivity index (χ2n) is 4.35. The van der Waals surface area contributed by atoms with Gasteiger partial charge in [-0.25, -0.2) is 4.68 Å². The van der Waals surface area contributed by atoms with Gasteiger partial charge in [0.2, 0.25) is 0 Å². The summed E-state index contributed by atoms with van der Waals surface area (Å²) >= 11 is 6.89. The lowest BCUT2D eigenvalue weighted by molar-refractivity contribution is -0.137. The molecule has 0 fully saturated rings. The molecule has 0 saturated carbocycles. The predicted molar refractivity (Wildman–Crippen MR) is 81.9 cm³/mol. The molecule has 1 aromatic heterocycles. The molecular weight excluding hydrogens is 390 g/mol. The molecule has 2 aromatic rings. The van der Waals surface area contributed by atoms with E-state index in [-0.39, 0.29) is 6.42 Å². The van der Waals surface area contributed by atoms with Crippen molar-refractivity contribution < 1.29 is 9.90 Å². The molecule has 5 nitrogen and oxygen atoms in total. The zero-order valence-corrected chi connectivity index (χ0v) is 13.8. The van der Waals surface area contributed by atoms with Gasteiger partial charge in [0.25, 0.3) is 0 Å². The van der Waals surface area contributed by atoms with Gasteiger partial charge in [0, 0.05) is 15.4 Å². The summed E-state index contributed by atoms with van der Waals surface area (Å²) in [7, 11) is 0. The molecule has 1 N–H and O–H groups in total. The second-order valence-corrected chi connectivity index (χ2v) is 6.12. The third-order valence-electron chi connectivity index (χ3n) is 2.77. The summed E-state index contributed by atoms with van der Waals surface area (Å²) in [5.74, 6) is -0.757. The van der Waals surface area contributed by atoms with Crippen LogP contribution >= 0.6 is 31.9 Å². The number of aliphatic carboxylic acids is 1. The average molecular weight is 403 g/mol. The minimum absolute atomic E-state index is 0.201. The zero-order chi connectivity index (χ0) is 14.5. The van der Waals surface area contributed by atoms with Crippen molar-refractivity contribution in [3.05, 3.63) is 39.0 Å². The maximum Gasteiger partial charge on any atom is 0.303 e. The molecule has 0 aliphatic rings. The standard InChI is InChI=1S/C13H13Br2N3O2/c14-9-5-6-12(11(15)7-9)18-8-10(16-17-18)3-1-2-4-13(19)20/h5-8H,1-4H2,(H,19,20). The maximum absolute atomic E-state index is 10.4. The van der Waals surface area contributed by atoms with E-state index >= 15 is 0 Å². The SMILES string of the molecule is O=C(O)CCCCc1cn(-c2ccc(Br)cc2Br)nn1. The van der Waals surface area contributed by atoms with Crippen LogP contribution in [0.4, 0.5) is 0 Å². The lowest BCUT2D eigenvalue weighted by Gasteiger charge is -2.03. The van der Waals surface area contributed by atoms with Gasteiger partial charge in [-0.2, -0.15) is 0 Å². The summed E-state index contributed by atoms with van der Waals surface area (Å²) in [6.07, 6.45) is 4.26. The third kappa shape index (κ3) is 4.14. The van der Waals surface area contributed by atoms with Gasteiger partial charge in [-0.05, 0) is 53.4 Å². The molecule has 0 atom stereocenters. The lowest BCUT2D eigenvalue weighted by atomic mass is 10.1. The summed E-state index contributed by atoms with van der Waals surface area (Å²) in [6.45, 7) is 0. The quantitative estimate of drug-likeness (QED) is 0.749. The number of aromatic nitrogens is 3. The normalized spacial score (nSPS) is 10.7. The summed E-state index contributed by atoms with van der Waals surface area (Å²) < 4.78 is 3.62. The van der Waals surface area contributed by atoms with Gasteiger partial charge in [-0.15, -0.1) is 5.10 Å². The van der Waals surface area contributed by atoms with Crippen LogP contribution < -0.4 is 0 Å². The summed E-state index contributed by atoms with van der Waals surface area (Å²) in [5.41, 5.74) is 1.78. The van der Waals surface area contributed by atoms with E-state index in [2.05, 4.69) is 42.2 Å². The molecule has 1 aromatic carbocycles. The van der Waals surface area contributed by atoms with Crippen LogP contribution in [0.2, 0.25) is 0 Å². The van der Waals surface area contributed by atoms with E-state index in [4.69, 9.17) is 5.11 Å². The van der Waals surface area contributed by atoms with Crippen LogP contribution in [0.3, 0.4) is 0 Å². The Bertz CT molecular complexity index is 613. The molecule has 0 saturated heterocycles. The number of nitrogens with zero attached hydrogens (tertiary/aromatic N) is 3. The molecule has 0 unspecified atom stereocenters. The lowest BCUT2D eigenvalue weighted by Crippen LogP contribution is -1.96. The number of carboxylic acid groups (broad SMARTS) is 1. The fourth-order valence-corrected chi connectivity index (χ4v) is 3.01. The molecule has 106 valence electrons. The number of carbonyl (C=O) groups is 1. The van der Waals surface area contributed by atoms with E-state index in [0.717, 1.165) is 33.2 Å². The first kappa shape index (κ1) is 15.2. The number of hydrogen-bond donors (Lipinski definition) is 1. The number of unbranched alkanes of at least 4 members (excludes halogenated alkanes) is 1. The second kappa shape index (κ2) is 6.99. The number of aryl methyl sites for hydroxylation is 1. The van der Waals surface area contributed by atoms with Crippen molar-refractivity contribution in [2.24, 2.45) is 0 Å². The van der Waals surface area contributed by atoms with Gasteiger partial charge >= 0.3 is 5.97 Å². The molecule has 0 aliphatic carbocycles. The summed E-state index contributed by atoms with van der Waals surface area (Å²) in [5, 5.41) is 16.8. The Hall–Kier alpha value is -1.21. The molecule has 0 amide bonds. The number of halogens is 2. The highest BCUT2D eigenvalue weighted by Gasteiger charge is 2.07. The number of carboxylic acids is 1. The minimum atomic E-state index is -0.757. The Kier molecular flexibility index (Phi) is 5.31. The molecule has 7 heteroatoms. The van der Waals surface area contributed by atoms with E-state index in [1.54, 1.807) is 4.68 Å². The highest BCUT2D eigenvalue weighted by Crippen LogP contribution is 2.24. The Morgan fingerprint density at radius 2 is 2.10 bits per heavy atom. The molecular formula is C13H13Br2N3O2. The first-order valence-corrected chi connectivity index (χ1v) is 7.73. The van der Waals surface area contributed by atoms with Crippen LogP contribution in [0.15, 0.2) is 33.3 Å². The Morgan fingerprint density at radius 1 is 1.30 bits per heavy atom. The van der Waals surface area contributed by atoms with Crippen molar-refractivity contribution in [1.29, 1.82) is 0 Å². The fraction of sp³-hybridized carbons (Fsp3) is 0.308. The van der Waals surface area contributed by atoms with E-state index in [9.17, 15) is 4.79 Å². The van der Waals surface area contributed by atoms with Crippen molar-refractivity contribution in [3.63, 3.8) is 0 Å². The fourth-order valence-electron chi connectivity index (χ4n) is 1.78. The molecule has 1 heterocycles. The Labute approximate surface area is 133 Å². The highest BCUT2D eigenvalue weighted by molar-refractivity contribution is 9.11. The van der Waals surface area contributed by atoms with Gasteiger partial charge in [0.15, 0.2) is 0 Å². The van der Waals surface area contributed by atoms with Gasteiger partial charge in [0.1, 0.15) is 0 Å². The molecule has 20 heavy (non-hydrogen) atoms. The summed E-state index contributed by atoms with van der Waals surface area (Å²) in [6, 6.07) is 5.83. The van der Waals surface area contributed by atoms with E-state index < -0.39 is 5.97 Å². The van der Waals surface area contributed by atoms with Crippen molar-refractivity contribution in [3.8, 4) is 5.69 Å². The first-order chi connectivity index (χ1) is 9.56. The Balaban J connectivity index is 1.99. The minimum Gasteiger partial charge on any atom is -0.481 e. The molecule has 2 rings (SSSR count). The van der Waals surface area contributed by atoms with Crippen LogP contribution in [0, 0.1) is 0 Å². The van der Waals surface area contributed by atoms with Crippen LogP contribution in [0.5, 0.6) is 0 Å². The molecule has 0 spiro atoms. The predicted octanol–water partition coefficient (Wildman–Crippen LogP) is 3.59. The number of rotatable bonds is 6. The monoisotopic (exact) mass is 401 g/mol. The van der Waals surface area contributed by atoms with Crippen LogP contribution in [-0.2, 0) is 11.2 Å². The number of hydrogen-bond acceptors (Lipinski definition) is 3. The van der Waals surface area contributed by atoms with Crippen molar-refractivity contribution in [2.45, 2.75) is 25.7 Å². The van der Waals surface area contributed by atoms with Crippen LogP contribution in [0.25, 0.3) is 5.69 Å². The molecule has 0 aliphatic heterocycles.